The van der Waals surface area contributed by atoms with Crippen molar-refractivity contribution >= 4 is 11.6 Å². The minimum Gasteiger partial charge on any atom is -0.438 e. The quantitative estimate of drug-likeness (QED) is 0.525. The van der Waals surface area contributed by atoms with E-state index >= 15 is 0 Å². The molecule has 0 saturated carbocycles. The third kappa shape index (κ3) is 3.89. The van der Waals surface area contributed by atoms with Gasteiger partial charge in [-0.15, -0.1) is 5.10 Å². The zero-order valence-electron chi connectivity index (χ0n) is 16.4. The van der Waals surface area contributed by atoms with Crippen molar-refractivity contribution in [3.63, 3.8) is 0 Å². The van der Waals surface area contributed by atoms with Gasteiger partial charge in [0.15, 0.2) is 0 Å². The van der Waals surface area contributed by atoms with Crippen molar-refractivity contribution in [1.82, 2.24) is 20.0 Å². The number of para-hydroxylation sites is 1. The molecule has 0 radical (unpaired) electrons. The second-order valence-corrected chi connectivity index (χ2v) is 6.76. The molecule has 0 aliphatic rings. The van der Waals surface area contributed by atoms with Crippen molar-refractivity contribution in [3.8, 4) is 17.3 Å². The number of nitrogens with zero attached hydrogens (tertiary/aromatic N) is 3. The number of carbonyl (C=O) groups excluding carboxylic acids is 1. The third-order valence-electron chi connectivity index (χ3n) is 4.54. The topological polar surface area (TPSA) is 84.8 Å². The first-order valence-corrected chi connectivity index (χ1v) is 9.24. The zero-order chi connectivity index (χ0) is 20.4. The van der Waals surface area contributed by atoms with Crippen molar-refractivity contribution in [2.45, 2.75) is 20.8 Å². The third-order valence-corrected chi connectivity index (χ3v) is 4.54. The Kier molecular flexibility index (Phi) is 4.87. The second kappa shape index (κ2) is 7.63. The average Bonchev–Trinajstić information content (AvgIpc) is 3.26. The Morgan fingerprint density at radius 1 is 1.03 bits per heavy atom. The van der Waals surface area contributed by atoms with Crippen LogP contribution in [0, 0.1) is 20.8 Å². The van der Waals surface area contributed by atoms with Gasteiger partial charge in [-0.05, 0) is 57.2 Å². The van der Waals surface area contributed by atoms with E-state index < -0.39 is 0 Å². The van der Waals surface area contributed by atoms with E-state index in [4.69, 9.17) is 4.74 Å². The highest BCUT2D eigenvalue weighted by Gasteiger charge is 2.19. The lowest BCUT2D eigenvalue weighted by Gasteiger charge is -2.08. The Morgan fingerprint density at radius 3 is 2.41 bits per heavy atom. The number of anilines is 1. The van der Waals surface area contributed by atoms with Gasteiger partial charge in [-0.1, -0.05) is 18.2 Å². The van der Waals surface area contributed by atoms with Crippen LogP contribution < -0.4 is 10.1 Å². The molecule has 4 rings (SSSR count). The Bertz CT molecular complexity index is 1140. The van der Waals surface area contributed by atoms with Crippen molar-refractivity contribution in [1.29, 1.82) is 0 Å². The maximum Gasteiger partial charge on any atom is 0.259 e. The van der Waals surface area contributed by atoms with E-state index in [-0.39, 0.29) is 5.91 Å². The number of rotatable bonds is 5. The van der Waals surface area contributed by atoms with E-state index in [0.29, 0.717) is 28.6 Å². The van der Waals surface area contributed by atoms with E-state index in [0.717, 1.165) is 17.1 Å². The molecule has 2 N–H and O–H groups in total. The summed E-state index contributed by atoms with van der Waals surface area (Å²) in [7, 11) is 0. The number of aryl methyl sites for hydroxylation is 2. The number of ether oxygens (including phenoxy) is 1. The predicted molar refractivity (Wildman–Crippen MR) is 111 cm³/mol. The van der Waals surface area contributed by atoms with Gasteiger partial charge in [-0.25, -0.2) is 4.68 Å². The lowest BCUT2D eigenvalue weighted by molar-refractivity contribution is 0.102. The van der Waals surface area contributed by atoms with E-state index in [9.17, 15) is 4.79 Å². The normalized spacial score (nSPS) is 10.7. The van der Waals surface area contributed by atoms with Gasteiger partial charge in [0.2, 0.25) is 5.88 Å². The predicted octanol–water partition coefficient (Wildman–Crippen LogP) is 4.57. The minimum absolute atomic E-state index is 0.196. The largest absolute Gasteiger partial charge is 0.438 e. The summed E-state index contributed by atoms with van der Waals surface area (Å²) in [4.78, 5) is 12.9. The molecule has 0 bridgehead atoms. The lowest BCUT2D eigenvalue weighted by Crippen LogP contribution is -2.14. The standard InChI is InChI=1S/C22H21N5O2/c1-14-13-20(25-24-14)29-19-11-9-17(10-12-19)23-22(28)21-15(2)26-27(16(21)3)18-7-5-4-6-8-18/h4-13H,1-3H3,(H,23,28)(H,24,25). The summed E-state index contributed by atoms with van der Waals surface area (Å²) < 4.78 is 7.45. The van der Waals surface area contributed by atoms with Crippen LogP contribution in [0.4, 0.5) is 5.69 Å². The number of aromatic nitrogens is 4. The van der Waals surface area contributed by atoms with Crippen LogP contribution in [0.3, 0.4) is 0 Å². The molecule has 2 heterocycles. The summed E-state index contributed by atoms with van der Waals surface area (Å²) in [6.45, 7) is 5.64. The molecular formula is C22H21N5O2. The van der Waals surface area contributed by atoms with Gasteiger partial charge in [-0.3, -0.25) is 9.89 Å². The SMILES string of the molecule is Cc1cc(Oc2ccc(NC(=O)c3c(C)nn(-c4ccccc4)c3C)cc2)n[nH]1. The maximum atomic E-state index is 12.9. The smallest absolute Gasteiger partial charge is 0.259 e. The Labute approximate surface area is 168 Å². The van der Waals surface area contributed by atoms with Gasteiger partial charge in [0, 0.05) is 17.4 Å². The van der Waals surface area contributed by atoms with Gasteiger partial charge in [0.1, 0.15) is 5.75 Å². The Morgan fingerprint density at radius 2 is 1.76 bits per heavy atom. The monoisotopic (exact) mass is 387 g/mol. The summed E-state index contributed by atoms with van der Waals surface area (Å²) in [5, 5.41) is 14.3. The highest BCUT2D eigenvalue weighted by molar-refractivity contribution is 6.06. The lowest BCUT2D eigenvalue weighted by atomic mass is 10.1. The van der Waals surface area contributed by atoms with Crippen LogP contribution in [0.2, 0.25) is 0 Å². The summed E-state index contributed by atoms with van der Waals surface area (Å²) in [5.74, 6) is 0.941. The first-order valence-electron chi connectivity index (χ1n) is 9.24. The number of benzene rings is 2. The minimum atomic E-state index is -0.196. The molecule has 0 unspecified atom stereocenters. The molecule has 0 aliphatic heterocycles. The van der Waals surface area contributed by atoms with Crippen molar-refractivity contribution in [3.05, 3.63) is 83.3 Å². The molecule has 7 nitrogen and oxygen atoms in total. The second-order valence-electron chi connectivity index (χ2n) is 6.76. The van der Waals surface area contributed by atoms with Crippen molar-refractivity contribution < 1.29 is 9.53 Å². The molecule has 4 aromatic rings. The number of hydrogen-bond acceptors (Lipinski definition) is 4. The molecule has 29 heavy (non-hydrogen) atoms. The summed E-state index contributed by atoms with van der Waals surface area (Å²) >= 11 is 0. The summed E-state index contributed by atoms with van der Waals surface area (Å²) in [5.41, 5.74) is 4.55. The molecule has 0 spiro atoms. The number of nitrogens with one attached hydrogen (secondary N) is 2. The highest BCUT2D eigenvalue weighted by atomic mass is 16.5. The van der Waals surface area contributed by atoms with Gasteiger partial charge >= 0.3 is 0 Å². The van der Waals surface area contributed by atoms with Crippen LogP contribution in [0.25, 0.3) is 5.69 Å². The average molecular weight is 387 g/mol. The number of hydrogen-bond donors (Lipinski definition) is 2. The molecule has 2 aromatic heterocycles. The molecule has 146 valence electrons. The van der Waals surface area contributed by atoms with E-state index in [2.05, 4.69) is 20.6 Å². The molecular weight excluding hydrogens is 366 g/mol. The molecule has 7 heteroatoms. The van der Waals surface area contributed by atoms with E-state index in [1.54, 1.807) is 28.9 Å². The molecule has 2 aromatic carbocycles. The zero-order valence-corrected chi connectivity index (χ0v) is 16.4. The van der Waals surface area contributed by atoms with Gasteiger partial charge in [0.05, 0.1) is 22.6 Å². The van der Waals surface area contributed by atoms with Crippen molar-refractivity contribution in [2.75, 3.05) is 5.32 Å². The Hall–Kier alpha value is -3.87. The number of H-pyrrole nitrogens is 1. The first-order chi connectivity index (χ1) is 14.0. The van der Waals surface area contributed by atoms with Crippen LogP contribution in [0.15, 0.2) is 60.7 Å². The van der Waals surface area contributed by atoms with E-state index in [1.807, 2.05) is 57.2 Å². The maximum absolute atomic E-state index is 12.9. The summed E-state index contributed by atoms with van der Waals surface area (Å²) in [6.07, 6.45) is 0. The van der Waals surface area contributed by atoms with Gasteiger partial charge in [0.25, 0.3) is 5.91 Å². The van der Waals surface area contributed by atoms with E-state index in [1.165, 1.54) is 0 Å². The van der Waals surface area contributed by atoms with Crippen LogP contribution in [-0.4, -0.2) is 25.9 Å². The van der Waals surface area contributed by atoms with Crippen molar-refractivity contribution in [2.24, 2.45) is 0 Å². The molecule has 0 saturated heterocycles. The molecule has 0 atom stereocenters. The first kappa shape index (κ1) is 18.5. The molecule has 0 fully saturated rings. The van der Waals surface area contributed by atoms with Crippen LogP contribution in [0.5, 0.6) is 11.6 Å². The fourth-order valence-corrected chi connectivity index (χ4v) is 3.16. The highest BCUT2D eigenvalue weighted by Crippen LogP contribution is 2.23. The van der Waals surface area contributed by atoms with Crippen LogP contribution in [-0.2, 0) is 0 Å². The van der Waals surface area contributed by atoms with Gasteiger partial charge in [-0.2, -0.15) is 5.10 Å². The van der Waals surface area contributed by atoms with Gasteiger partial charge < -0.3 is 10.1 Å². The summed E-state index contributed by atoms with van der Waals surface area (Å²) in [6, 6.07) is 18.7. The number of carbonyl (C=O) groups is 1. The van der Waals surface area contributed by atoms with Crippen LogP contribution >= 0.6 is 0 Å². The van der Waals surface area contributed by atoms with Crippen LogP contribution in [0.1, 0.15) is 27.4 Å². The molecule has 1 amide bonds. The fourth-order valence-electron chi connectivity index (χ4n) is 3.16. The number of aromatic amines is 1. The molecule has 0 aliphatic carbocycles. The fraction of sp³-hybridized carbons (Fsp3) is 0.136. The number of amides is 1. The Balaban J connectivity index is 1.50.